The molecule has 1 aliphatic carbocycles. The van der Waals surface area contributed by atoms with Crippen LogP contribution in [-0.2, 0) is 11.3 Å². The van der Waals surface area contributed by atoms with Gasteiger partial charge in [0.25, 0.3) is 0 Å². The summed E-state index contributed by atoms with van der Waals surface area (Å²) in [7, 11) is 3.77. The fourth-order valence-corrected chi connectivity index (χ4v) is 3.06. The summed E-state index contributed by atoms with van der Waals surface area (Å²) in [6.07, 6.45) is 2.72. The predicted octanol–water partition coefficient (Wildman–Crippen LogP) is 3.42. The molecule has 1 fully saturated rings. The highest BCUT2D eigenvalue weighted by Crippen LogP contribution is 2.38. The Morgan fingerprint density at radius 1 is 1.45 bits per heavy atom. The number of anilines is 1. The van der Waals surface area contributed by atoms with Crippen molar-refractivity contribution in [1.29, 1.82) is 0 Å². The minimum Gasteiger partial charge on any atom is -0.383 e. The minimum atomic E-state index is 0.579. The SMILES string of the molecule is CNCc1ccc(Br)cc1N(CCOC)C(C)C1CC1. The first-order valence-corrected chi connectivity index (χ1v) is 8.15. The summed E-state index contributed by atoms with van der Waals surface area (Å²) in [4.78, 5) is 2.51. The van der Waals surface area contributed by atoms with Crippen LogP contribution in [0.3, 0.4) is 0 Å². The van der Waals surface area contributed by atoms with Crippen LogP contribution in [0.15, 0.2) is 22.7 Å². The standard InChI is InChI=1S/C16H25BrN2O/c1-12(13-4-5-13)19(8-9-20-3)16-10-15(17)7-6-14(16)11-18-2/h6-7,10,12-13,18H,4-5,8-9,11H2,1-3H3. The second-order valence-electron chi connectivity index (χ2n) is 5.57. The Morgan fingerprint density at radius 2 is 2.20 bits per heavy atom. The number of ether oxygens (including phenoxy) is 1. The molecule has 1 N–H and O–H groups in total. The zero-order chi connectivity index (χ0) is 14.5. The Labute approximate surface area is 130 Å². The van der Waals surface area contributed by atoms with Crippen molar-refractivity contribution in [3.8, 4) is 0 Å². The molecule has 1 atom stereocenters. The summed E-state index contributed by atoms with van der Waals surface area (Å²) in [5.74, 6) is 0.841. The molecule has 0 heterocycles. The van der Waals surface area contributed by atoms with Crippen molar-refractivity contribution in [2.24, 2.45) is 5.92 Å². The Kier molecular flexibility index (Phi) is 5.87. The van der Waals surface area contributed by atoms with E-state index in [1.165, 1.54) is 24.1 Å². The number of hydrogen-bond acceptors (Lipinski definition) is 3. The molecule has 0 bridgehead atoms. The molecule has 2 rings (SSSR count). The van der Waals surface area contributed by atoms with E-state index in [0.29, 0.717) is 6.04 Å². The molecule has 1 aliphatic rings. The van der Waals surface area contributed by atoms with Crippen LogP contribution < -0.4 is 10.2 Å². The van der Waals surface area contributed by atoms with Gasteiger partial charge in [-0.1, -0.05) is 22.0 Å². The molecule has 0 amide bonds. The van der Waals surface area contributed by atoms with Crippen LogP contribution in [0.4, 0.5) is 5.69 Å². The Morgan fingerprint density at radius 3 is 2.80 bits per heavy atom. The maximum atomic E-state index is 5.31. The molecule has 4 heteroatoms. The van der Waals surface area contributed by atoms with Crippen molar-refractivity contribution in [2.75, 3.05) is 32.2 Å². The van der Waals surface area contributed by atoms with Crippen LogP contribution in [0.1, 0.15) is 25.3 Å². The van der Waals surface area contributed by atoms with Crippen LogP contribution in [0, 0.1) is 5.92 Å². The normalized spacial score (nSPS) is 16.2. The van der Waals surface area contributed by atoms with Gasteiger partial charge in [-0.15, -0.1) is 0 Å². The summed E-state index contributed by atoms with van der Waals surface area (Å²) in [6, 6.07) is 7.14. The second kappa shape index (κ2) is 7.43. The van der Waals surface area contributed by atoms with Crippen molar-refractivity contribution in [1.82, 2.24) is 5.32 Å². The first-order chi connectivity index (χ1) is 9.67. The summed E-state index contributed by atoms with van der Waals surface area (Å²) in [6.45, 7) is 4.95. The number of halogens is 1. The van der Waals surface area contributed by atoms with Gasteiger partial charge in [0.15, 0.2) is 0 Å². The number of benzene rings is 1. The van der Waals surface area contributed by atoms with E-state index in [-0.39, 0.29) is 0 Å². The van der Waals surface area contributed by atoms with E-state index in [2.05, 4.69) is 51.3 Å². The molecule has 0 aromatic heterocycles. The highest BCUT2D eigenvalue weighted by Gasteiger charge is 2.32. The van der Waals surface area contributed by atoms with Gasteiger partial charge in [-0.05, 0) is 50.4 Å². The van der Waals surface area contributed by atoms with Gasteiger partial charge in [-0.2, -0.15) is 0 Å². The third-order valence-corrected chi connectivity index (χ3v) is 4.55. The molecule has 112 valence electrons. The van der Waals surface area contributed by atoms with Crippen LogP contribution in [-0.4, -0.2) is 33.4 Å². The highest BCUT2D eigenvalue weighted by atomic mass is 79.9. The van der Waals surface area contributed by atoms with Gasteiger partial charge in [0.05, 0.1) is 6.61 Å². The van der Waals surface area contributed by atoms with E-state index < -0.39 is 0 Å². The fraction of sp³-hybridized carbons (Fsp3) is 0.625. The molecule has 0 saturated heterocycles. The quantitative estimate of drug-likeness (QED) is 0.784. The summed E-state index contributed by atoms with van der Waals surface area (Å²) in [5, 5.41) is 3.27. The third-order valence-electron chi connectivity index (χ3n) is 4.06. The van der Waals surface area contributed by atoms with E-state index in [1.54, 1.807) is 7.11 Å². The maximum Gasteiger partial charge on any atom is 0.0637 e. The third kappa shape index (κ3) is 3.96. The van der Waals surface area contributed by atoms with Crippen molar-refractivity contribution in [3.05, 3.63) is 28.2 Å². The first kappa shape index (κ1) is 15.8. The molecular formula is C16H25BrN2O. The predicted molar refractivity (Wildman–Crippen MR) is 88.3 cm³/mol. The van der Waals surface area contributed by atoms with Crippen LogP contribution in [0.25, 0.3) is 0 Å². The highest BCUT2D eigenvalue weighted by molar-refractivity contribution is 9.10. The van der Waals surface area contributed by atoms with Gasteiger partial charge in [0.1, 0.15) is 0 Å². The van der Waals surface area contributed by atoms with Crippen LogP contribution in [0.2, 0.25) is 0 Å². The fourth-order valence-electron chi connectivity index (χ4n) is 2.71. The number of nitrogens with one attached hydrogen (secondary N) is 1. The van der Waals surface area contributed by atoms with E-state index >= 15 is 0 Å². The van der Waals surface area contributed by atoms with Crippen molar-refractivity contribution >= 4 is 21.6 Å². The average molecular weight is 341 g/mol. The Hall–Kier alpha value is -0.580. The Bertz CT molecular complexity index is 434. The first-order valence-electron chi connectivity index (χ1n) is 7.36. The lowest BCUT2D eigenvalue weighted by Gasteiger charge is -2.33. The van der Waals surface area contributed by atoms with Crippen LogP contribution in [0.5, 0.6) is 0 Å². The minimum absolute atomic E-state index is 0.579. The van der Waals surface area contributed by atoms with Gasteiger partial charge in [-0.25, -0.2) is 0 Å². The van der Waals surface area contributed by atoms with Crippen molar-refractivity contribution in [3.63, 3.8) is 0 Å². The lowest BCUT2D eigenvalue weighted by atomic mass is 10.1. The van der Waals surface area contributed by atoms with E-state index in [4.69, 9.17) is 4.74 Å². The summed E-state index contributed by atoms with van der Waals surface area (Å²) in [5.41, 5.74) is 2.67. The van der Waals surface area contributed by atoms with Gasteiger partial charge < -0.3 is 15.0 Å². The molecule has 1 unspecified atom stereocenters. The van der Waals surface area contributed by atoms with Crippen LogP contribution >= 0.6 is 15.9 Å². The summed E-state index contributed by atoms with van der Waals surface area (Å²) < 4.78 is 6.44. The molecule has 0 radical (unpaired) electrons. The topological polar surface area (TPSA) is 24.5 Å². The van der Waals surface area contributed by atoms with E-state index in [1.807, 2.05) is 7.05 Å². The van der Waals surface area contributed by atoms with E-state index in [0.717, 1.165) is 30.1 Å². The number of nitrogens with zero attached hydrogens (tertiary/aromatic N) is 1. The van der Waals surface area contributed by atoms with Crippen molar-refractivity contribution < 1.29 is 4.74 Å². The van der Waals surface area contributed by atoms with Gasteiger partial charge in [-0.3, -0.25) is 0 Å². The van der Waals surface area contributed by atoms with Gasteiger partial charge in [0, 0.05) is 36.4 Å². The number of hydrogen-bond donors (Lipinski definition) is 1. The lowest BCUT2D eigenvalue weighted by molar-refractivity contribution is 0.202. The van der Waals surface area contributed by atoms with Gasteiger partial charge in [0.2, 0.25) is 0 Å². The molecule has 1 saturated carbocycles. The molecule has 1 aromatic carbocycles. The zero-order valence-corrected chi connectivity index (χ0v) is 14.2. The lowest BCUT2D eigenvalue weighted by Crippen LogP contribution is -2.38. The molecule has 3 nitrogen and oxygen atoms in total. The number of methoxy groups -OCH3 is 1. The molecule has 20 heavy (non-hydrogen) atoms. The average Bonchev–Trinajstić information content (AvgIpc) is 3.26. The molecule has 1 aromatic rings. The zero-order valence-electron chi connectivity index (χ0n) is 12.7. The van der Waals surface area contributed by atoms with E-state index in [9.17, 15) is 0 Å². The van der Waals surface area contributed by atoms with Crippen molar-refractivity contribution in [2.45, 2.75) is 32.4 Å². The Balaban J connectivity index is 2.27. The molecule has 0 spiro atoms. The monoisotopic (exact) mass is 340 g/mol. The maximum absolute atomic E-state index is 5.31. The van der Waals surface area contributed by atoms with Gasteiger partial charge >= 0.3 is 0 Å². The summed E-state index contributed by atoms with van der Waals surface area (Å²) >= 11 is 3.61. The molecule has 0 aliphatic heterocycles. The second-order valence-corrected chi connectivity index (χ2v) is 6.48. The number of rotatable bonds is 8. The molecular weight excluding hydrogens is 316 g/mol. The smallest absolute Gasteiger partial charge is 0.0637 e. The largest absolute Gasteiger partial charge is 0.383 e.